The number of aliphatic carboxylic acids is 1. The van der Waals surface area contributed by atoms with E-state index < -0.39 is 16.1 Å². The molecule has 0 amide bonds. The smallest absolute Gasteiger partial charge is 0.307 e. The van der Waals surface area contributed by atoms with E-state index in [1.54, 1.807) is 6.07 Å². The number of fused-ring (bicyclic) bond motifs is 1. The van der Waals surface area contributed by atoms with E-state index >= 15 is 0 Å². The third-order valence-corrected chi connectivity index (χ3v) is 5.22. The summed E-state index contributed by atoms with van der Waals surface area (Å²) in [6.45, 7) is 6.30. The summed E-state index contributed by atoms with van der Waals surface area (Å²) in [5.74, 6) is -1.21. The molecule has 6 nitrogen and oxygen atoms in total. The van der Waals surface area contributed by atoms with Crippen molar-refractivity contribution in [2.75, 3.05) is 17.2 Å². The lowest BCUT2D eigenvalue weighted by Gasteiger charge is -2.31. The molecule has 0 saturated carbocycles. The van der Waals surface area contributed by atoms with Gasteiger partial charge in [-0.25, -0.2) is 0 Å². The number of carboxylic acid groups (broad SMARTS) is 1. The molecular formula is C15H21NO5S. The van der Waals surface area contributed by atoms with E-state index in [4.69, 9.17) is 9.66 Å². The summed E-state index contributed by atoms with van der Waals surface area (Å²) in [4.78, 5) is 12.8. The number of rotatable bonds is 5. The van der Waals surface area contributed by atoms with Crippen molar-refractivity contribution in [1.29, 1.82) is 0 Å². The molecule has 122 valence electrons. The number of carbonyl (C=O) groups is 1. The van der Waals surface area contributed by atoms with Gasteiger partial charge < -0.3 is 10.0 Å². The Labute approximate surface area is 130 Å². The van der Waals surface area contributed by atoms with Crippen LogP contribution in [-0.4, -0.2) is 42.4 Å². The molecule has 22 heavy (non-hydrogen) atoms. The molecule has 1 aromatic carbocycles. The summed E-state index contributed by atoms with van der Waals surface area (Å²) in [6.07, 6.45) is -0.0389. The molecule has 1 aromatic rings. The number of anilines is 1. The Kier molecular flexibility index (Phi) is 4.23. The lowest BCUT2D eigenvalue weighted by atomic mass is 9.80. The van der Waals surface area contributed by atoms with Gasteiger partial charge in [0.25, 0.3) is 10.1 Å². The van der Waals surface area contributed by atoms with Gasteiger partial charge in [-0.2, -0.15) is 8.42 Å². The van der Waals surface area contributed by atoms with Crippen molar-refractivity contribution in [3.63, 3.8) is 0 Å². The van der Waals surface area contributed by atoms with Crippen molar-refractivity contribution in [3.05, 3.63) is 29.3 Å². The molecule has 2 rings (SSSR count). The van der Waals surface area contributed by atoms with Gasteiger partial charge in [0.1, 0.15) is 0 Å². The fourth-order valence-corrected chi connectivity index (χ4v) is 3.41. The average molecular weight is 327 g/mol. The fourth-order valence-electron chi connectivity index (χ4n) is 2.99. The summed E-state index contributed by atoms with van der Waals surface area (Å²) in [6, 6.07) is 5.52. The SMILES string of the molecule is CC1N(CCS(=O)(=O)O)c2ccc(CC(=O)O)cc2C1(C)C. The van der Waals surface area contributed by atoms with Crippen LogP contribution in [0.25, 0.3) is 0 Å². The lowest BCUT2D eigenvalue weighted by molar-refractivity contribution is -0.136. The first-order valence-corrected chi connectivity index (χ1v) is 8.70. The minimum Gasteiger partial charge on any atom is -0.481 e. The maximum absolute atomic E-state index is 11.0. The van der Waals surface area contributed by atoms with Crippen molar-refractivity contribution in [3.8, 4) is 0 Å². The Hall–Kier alpha value is -1.60. The minimum atomic E-state index is -4.02. The van der Waals surface area contributed by atoms with E-state index in [9.17, 15) is 13.2 Å². The van der Waals surface area contributed by atoms with E-state index in [1.807, 2.05) is 24.0 Å². The summed E-state index contributed by atoms with van der Waals surface area (Å²) in [7, 11) is -4.02. The number of hydrogen-bond donors (Lipinski definition) is 2. The van der Waals surface area contributed by atoms with Crippen LogP contribution >= 0.6 is 0 Å². The van der Waals surface area contributed by atoms with Crippen LogP contribution < -0.4 is 4.90 Å². The maximum Gasteiger partial charge on any atom is 0.307 e. The highest BCUT2D eigenvalue weighted by molar-refractivity contribution is 7.85. The van der Waals surface area contributed by atoms with Gasteiger partial charge in [0.2, 0.25) is 0 Å². The Balaban J connectivity index is 2.37. The van der Waals surface area contributed by atoms with Gasteiger partial charge in [0.15, 0.2) is 0 Å². The highest BCUT2D eigenvalue weighted by Crippen LogP contribution is 2.45. The normalized spacial score (nSPS) is 20.0. The topological polar surface area (TPSA) is 94.9 Å². The number of nitrogens with zero attached hydrogens (tertiary/aromatic N) is 1. The third kappa shape index (κ3) is 3.25. The molecule has 0 aromatic heterocycles. The van der Waals surface area contributed by atoms with E-state index in [2.05, 4.69) is 13.8 Å². The average Bonchev–Trinajstić information content (AvgIpc) is 2.55. The van der Waals surface area contributed by atoms with E-state index in [1.165, 1.54) is 0 Å². The first kappa shape index (κ1) is 16.8. The molecule has 1 unspecified atom stereocenters. The number of benzene rings is 1. The van der Waals surface area contributed by atoms with Gasteiger partial charge in [-0.3, -0.25) is 9.35 Å². The molecule has 1 aliphatic heterocycles. The van der Waals surface area contributed by atoms with Gasteiger partial charge in [-0.15, -0.1) is 0 Å². The molecule has 7 heteroatoms. The van der Waals surface area contributed by atoms with Crippen molar-refractivity contribution in [2.24, 2.45) is 0 Å². The molecule has 1 aliphatic rings. The van der Waals surface area contributed by atoms with Crippen LogP contribution in [0, 0.1) is 0 Å². The van der Waals surface area contributed by atoms with Crippen LogP contribution in [0.4, 0.5) is 5.69 Å². The van der Waals surface area contributed by atoms with Gasteiger partial charge in [0, 0.05) is 23.7 Å². The molecule has 1 atom stereocenters. The first-order valence-electron chi connectivity index (χ1n) is 7.09. The van der Waals surface area contributed by atoms with Crippen LogP contribution in [0.5, 0.6) is 0 Å². The number of hydrogen-bond acceptors (Lipinski definition) is 4. The lowest BCUT2D eigenvalue weighted by Crippen LogP contribution is -2.41. The fraction of sp³-hybridized carbons (Fsp3) is 0.533. The quantitative estimate of drug-likeness (QED) is 0.799. The van der Waals surface area contributed by atoms with Crippen molar-refractivity contribution >= 4 is 21.8 Å². The zero-order valence-corrected chi connectivity index (χ0v) is 13.7. The molecule has 1 heterocycles. The van der Waals surface area contributed by atoms with Gasteiger partial charge >= 0.3 is 5.97 Å². The highest BCUT2D eigenvalue weighted by atomic mass is 32.2. The van der Waals surface area contributed by atoms with E-state index in [0.717, 1.165) is 16.8 Å². The molecule has 0 radical (unpaired) electrons. The Morgan fingerprint density at radius 2 is 2.00 bits per heavy atom. The predicted molar refractivity (Wildman–Crippen MR) is 84.0 cm³/mol. The first-order chi connectivity index (χ1) is 10.0. The molecule has 0 saturated heterocycles. The Bertz CT molecular complexity index is 696. The van der Waals surface area contributed by atoms with Crippen molar-refractivity contribution in [2.45, 2.75) is 38.6 Å². The molecule has 2 N–H and O–H groups in total. The summed E-state index contributed by atoms with van der Waals surface area (Å²) < 4.78 is 31.0. The second-order valence-electron chi connectivity index (χ2n) is 6.30. The second-order valence-corrected chi connectivity index (χ2v) is 7.87. The van der Waals surface area contributed by atoms with Gasteiger partial charge in [0.05, 0.1) is 12.2 Å². The van der Waals surface area contributed by atoms with Crippen molar-refractivity contribution in [1.82, 2.24) is 0 Å². The van der Waals surface area contributed by atoms with Crippen molar-refractivity contribution < 1.29 is 22.9 Å². The van der Waals surface area contributed by atoms with Crippen LogP contribution in [0.1, 0.15) is 31.9 Å². The van der Waals surface area contributed by atoms with Crippen LogP contribution in [-0.2, 0) is 26.7 Å². The second kappa shape index (κ2) is 5.55. The molecule has 0 bridgehead atoms. The maximum atomic E-state index is 11.0. The summed E-state index contributed by atoms with van der Waals surface area (Å²) >= 11 is 0. The van der Waals surface area contributed by atoms with Crippen LogP contribution in [0.3, 0.4) is 0 Å². The molecule has 0 fully saturated rings. The zero-order valence-electron chi connectivity index (χ0n) is 12.9. The largest absolute Gasteiger partial charge is 0.481 e. The monoisotopic (exact) mass is 327 g/mol. The predicted octanol–water partition coefficient (Wildman–Crippen LogP) is 1.69. The number of carboxylic acids is 1. The van der Waals surface area contributed by atoms with Crippen LogP contribution in [0.15, 0.2) is 18.2 Å². The molecular weight excluding hydrogens is 306 g/mol. The highest BCUT2D eigenvalue weighted by Gasteiger charge is 2.41. The standard InChI is InChI=1S/C15H21NO5S/c1-10-15(2,3)12-8-11(9-14(17)18)4-5-13(12)16(10)6-7-22(19,20)21/h4-5,8,10H,6-7,9H2,1-3H3,(H,17,18)(H,19,20,21). The molecule has 0 aliphatic carbocycles. The minimum absolute atomic E-state index is 0.0389. The summed E-state index contributed by atoms with van der Waals surface area (Å²) in [5.41, 5.74) is 2.40. The van der Waals surface area contributed by atoms with Gasteiger partial charge in [-0.05, 0) is 24.1 Å². The third-order valence-electron chi connectivity index (χ3n) is 4.52. The zero-order chi connectivity index (χ0) is 16.7. The van der Waals surface area contributed by atoms with E-state index in [0.29, 0.717) is 0 Å². The van der Waals surface area contributed by atoms with E-state index in [-0.39, 0.29) is 30.2 Å². The van der Waals surface area contributed by atoms with Crippen LogP contribution in [0.2, 0.25) is 0 Å². The molecule has 0 spiro atoms. The Morgan fingerprint density at radius 1 is 1.36 bits per heavy atom. The van der Waals surface area contributed by atoms with Gasteiger partial charge in [-0.1, -0.05) is 26.0 Å². The summed E-state index contributed by atoms with van der Waals surface area (Å²) in [5, 5.41) is 8.92. The Morgan fingerprint density at radius 3 is 2.55 bits per heavy atom.